The van der Waals surface area contributed by atoms with E-state index in [1.54, 1.807) is 13.0 Å². The molecule has 0 bridgehead atoms. The van der Waals surface area contributed by atoms with Gasteiger partial charge in [-0.3, -0.25) is 0 Å². The van der Waals surface area contributed by atoms with E-state index < -0.39 is 0 Å². The van der Waals surface area contributed by atoms with Gasteiger partial charge in [-0.15, -0.1) is 17.8 Å². The van der Waals surface area contributed by atoms with Crippen LogP contribution in [0.25, 0.3) is 10.9 Å². The molecule has 1 heterocycles. The molecule has 0 saturated heterocycles. The summed E-state index contributed by atoms with van der Waals surface area (Å²) in [5.74, 6) is -0.0485. The maximum atomic E-state index is 12.8. The maximum Gasteiger partial charge on any atom is 0.178 e. The molecule has 0 aliphatic rings. The van der Waals surface area contributed by atoms with E-state index in [1.165, 1.54) is 17.7 Å². The van der Waals surface area contributed by atoms with E-state index in [-0.39, 0.29) is 11.6 Å². The molecule has 3 N–H and O–H groups in total. The summed E-state index contributed by atoms with van der Waals surface area (Å²) in [7, 11) is 0. The topological polar surface area (TPSA) is 71.2 Å². The molecule has 1 aromatic heterocycles. The number of nitrogens with one attached hydrogen (secondary N) is 1. The fraction of sp³-hybridized carbons (Fsp3) is 0.111. The van der Waals surface area contributed by atoms with Crippen LogP contribution < -0.4 is 5.73 Å². The summed E-state index contributed by atoms with van der Waals surface area (Å²) in [6, 6.07) is 14.3. The molecule has 0 spiro atoms. The van der Waals surface area contributed by atoms with Crippen LogP contribution in [0.15, 0.2) is 53.7 Å². The van der Waals surface area contributed by atoms with Crippen molar-refractivity contribution in [3.63, 3.8) is 0 Å². The summed E-state index contributed by atoms with van der Waals surface area (Å²) in [6.45, 7) is 2.37. The Morgan fingerprint density at radius 1 is 1.17 bits per heavy atom. The third kappa shape index (κ3) is 4.77. The lowest BCUT2D eigenvalue weighted by molar-refractivity contribution is 0.629. The number of nitrogens with zero attached hydrogens (tertiary/aromatic N) is 1. The number of aromatic nitrogens is 1. The number of fused-ring (bicyclic) bond motifs is 1. The van der Waals surface area contributed by atoms with E-state index in [4.69, 9.17) is 5.73 Å². The first-order chi connectivity index (χ1) is 11.2. The van der Waals surface area contributed by atoms with Gasteiger partial charge in [0, 0.05) is 23.0 Å². The Labute approximate surface area is 134 Å². The van der Waals surface area contributed by atoms with Gasteiger partial charge < -0.3 is 10.7 Å². The fourth-order valence-corrected chi connectivity index (χ4v) is 1.99. The van der Waals surface area contributed by atoms with Crippen LogP contribution in [-0.2, 0) is 6.54 Å². The number of hydrogen-bond donors (Lipinski definition) is 2. The third-order valence-corrected chi connectivity index (χ3v) is 3.16. The highest BCUT2D eigenvalue weighted by molar-refractivity contribution is 5.87. The van der Waals surface area contributed by atoms with E-state index in [0.29, 0.717) is 17.5 Å². The van der Waals surface area contributed by atoms with Gasteiger partial charge in [0.1, 0.15) is 5.82 Å². The van der Waals surface area contributed by atoms with Crippen molar-refractivity contribution in [2.24, 2.45) is 10.9 Å². The number of aryl methyl sites for hydroxylation is 1. The van der Waals surface area contributed by atoms with Crippen LogP contribution in [0, 0.1) is 30.5 Å². The average molecular weight is 311 g/mol. The highest BCUT2D eigenvalue weighted by Crippen LogP contribution is 2.27. The Kier molecular flexibility index (Phi) is 7.18. The number of nitrogens with two attached hydrogens (primary N) is 1. The number of nitroso groups, excluding NO2 is 1. The Hall–Kier alpha value is -2.97. The molecule has 23 heavy (non-hydrogen) atoms. The van der Waals surface area contributed by atoms with Gasteiger partial charge in [0.2, 0.25) is 0 Å². The van der Waals surface area contributed by atoms with Gasteiger partial charge >= 0.3 is 0 Å². The van der Waals surface area contributed by atoms with Crippen molar-refractivity contribution in [2.75, 3.05) is 0 Å². The summed E-state index contributed by atoms with van der Waals surface area (Å²) >= 11 is 0. The fourth-order valence-electron chi connectivity index (χ4n) is 1.99. The Morgan fingerprint density at radius 3 is 2.35 bits per heavy atom. The Morgan fingerprint density at radius 2 is 1.83 bits per heavy atom. The molecule has 118 valence electrons. The first-order valence-corrected chi connectivity index (χ1v) is 6.84. The van der Waals surface area contributed by atoms with E-state index in [2.05, 4.69) is 23.0 Å². The maximum absolute atomic E-state index is 12.8. The molecule has 0 aliphatic heterocycles. The molecular formula is C18H18FN3O. The third-order valence-electron chi connectivity index (χ3n) is 3.16. The SMILES string of the molecule is C#C.Cc1c(N=O)[nH]c2ccc(F)cc12.NCc1ccccc1. The van der Waals surface area contributed by atoms with Crippen molar-refractivity contribution in [2.45, 2.75) is 13.5 Å². The minimum Gasteiger partial charge on any atom is -0.337 e. The first-order valence-electron chi connectivity index (χ1n) is 6.84. The lowest BCUT2D eigenvalue weighted by Crippen LogP contribution is -1.94. The number of H-pyrrole nitrogens is 1. The highest BCUT2D eigenvalue weighted by atomic mass is 19.1. The molecule has 0 radical (unpaired) electrons. The molecule has 2 aromatic carbocycles. The number of rotatable bonds is 2. The van der Waals surface area contributed by atoms with Crippen molar-refractivity contribution < 1.29 is 4.39 Å². The minimum atomic E-state index is -0.313. The molecule has 3 rings (SSSR count). The zero-order valence-corrected chi connectivity index (χ0v) is 12.8. The first kappa shape index (κ1) is 18.1. The van der Waals surface area contributed by atoms with E-state index in [1.807, 2.05) is 30.3 Å². The van der Waals surface area contributed by atoms with Gasteiger partial charge in [-0.1, -0.05) is 30.3 Å². The zero-order chi connectivity index (χ0) is 17.2. The molecule has 0 amide bonds. The van der Waals surface area contributed by atoms with Crippen molar-refractivity contribution in [1.29, 1.82) is 0 Å². The highest BCUT2D eigenvalue weighted by Gasteiger charge is 2.07. The summed E-state index contributed by atoms with van der Waals surface area (Å²) in [5.41, 5.74) is 7.95. The summed E-state index contributed by atoms with van der Waals surface area (Å²) < 4.78 is 12.8. The second kappa shape index (κ2) is 9.13. The molecular weight excluding hydrogens is 293 g/mol. The minimum absolute atomic E-state index is 0.264. The number of benzene rings is 2. The van der Waals surface area contributed by atoms with Gasteiger partial charge in [0.25, 0.3) is 0 Å². The van der Waals surface area contributed by atoms with E-state index in [0.717, 1.165) is 5.52 Å². The predicted octanol–water partition coefficient (Wildman–Crippen LogP) is 4.41. The molecule has 0 atom stereocenters. The van der Waals surface area contributed by atoms with Crippen LogP contribution in [-0.4, -0.2) is 4.98 Å². The summed E-state index contributed by atoms with van der Waals surface area (Å²) in [4.78, 5) is 13.1. The number of hydrogen-bond acceptors (Lipinski definition) is 3. The van der Waals surface area contributed by atoms with Gasteiger partial charge in [0.05, 0.1) is 0 Å². The Balaban J connectivity index is 0.000000228. The van der Waals surface area contributed by atoms with Crippen molar-refractivity contribution in [1.82, 2.24) is 4.98 Å². The van der Waals surface area contributed by atoms with Crippen LogP contribution in [0.2, 0.25) is 0 Å². The monoisotopic (exact) mass is 311 g/mol. The van der Waals surface area contributed by atoms with Gasteiger partial charge in [-0.25, -0.2) is 4.39 Å². The normalized spacial score (nSPS) is 9.26. The quantitative estimate of drug-likeness (QED) is 0.543. The molecule has 0 fully saturated rings. The van der Waals surface area contributed by atoms with E-state index in [9.17, 15) is 9.30 Å². The standard InChI is InChI=1S/C9H7FN2O.C7H9N.C2H2/c1-5-7-4-6(10)2-3-8(7)11-9(5)12-13;8-6-7-4-2-1-3-5-7;1-2/h2-4,11H,1H3;1-5H,6,8H2;1-2H. The molecule has 0 saturated carbocycles. The number of aromatic amines is 1. The van der Waals surface area contributed by atoms with Crippen LogP contribution in [0.4, 0.5) is 10.2 Å². The second-order valence-electron chi connectivity index (χ2n) is 4.57. The van der Waals surface area contributed by atoms with Gasteiger partial charge in [-0.2, -0.15) is 0 Å². The molecule has 0 unspecified atom stereocenters. The van der Waals surface area contributed by atoms with Crippen molar-refractivity contribution in [3.8, 4) is 12.8 Å². The predicted molar refractivity (Wildman–Crippen MR) is 92.7 cm³/mol. The molecule has 3 aromatic rings. The van der Waals surface area contributed by atoms with Crippen LogP contribution in [0.5, 0.6) is 0 Å². The zero-order valence-electron chi connectivity index (χ0n) is 12.8. The summed E-state index contributed by atoms with van der Waals surface area (Å²) in [6.07, 6.45) is 8.00. The van der Waals surface area contributed by atoms with Crippen molar-refractivity contribution >= 4 is 16.7 Å². The molecule has 0 aliphatic carbocycles. The van der Waals surface area contributed by atoms with Gasteiger partial charge in [-0.05, 0) is 35.9 Å². The average Bonchev–Trinajstić information content (AvgIpc) is 2.93. The summed E-state index contributed by atoms with van der Waals surface area (Å²) in [5, 5.41) is 3.51. The van der Waals surface area contributed by atoms with Crippen LogP contribution >= 0.6 is 0 Å². The van der Waals surface area contributed by atoms with Crippen molar-refractivity contribution in [3.05, 3.63) is 70.4 Å². The number of halogens is 1. The lowest BCUT2D eigenvalue weighted by Gasteiger charge is -1.90. The largest absolute Gasteiger partial charge is 0.337 e. The van der Waals surface area contributed by atoms with Crippen LogP contribution in [0.3, 0.4) is 0 Å². The Bertz CT molecular complexity index is 779. The number of terminal acetylenes is 1. The molecule has 5 heteroatoms. The van der Waals surface area contributed by atoms with Crippen LogP contribution in [0.1, 0.15) is 11.1 Å². The lowest BCUT2D eigenvalue weighted by atomic mass is 10.2. The second-order valence-corrected chi connectivity index (χ2v) is 4.57. The van der Waals surface area contributed by atoms with Gasteiger partial charge in [0.15, 0.2) is 5.82 Å². The van der Waals surface area contributed by atoms with E-state index >= 15 is 0 Å². The smallest absolute Gasteiger partial charge is 0.178 e. The molecule has 4 nitrogen and oxygen atoms in total.